The van der Waals surface area contributed by atoms with Gasteiger partial charge in [-0.25, -0.2) is 4.79 Å². The highest BCUT2D eigenvalue weighted by Crippen LogP contribution is 2.29. The lowest BCUT2D eigenvalue weighted by atomic mass is 9.97. The van der Waals surface area contributed by atoms with E-state index in [9.17, 15) is 4.79 Å². The van der Waals surface area contributed by atoms with Crippen LogP contribution in [0.1, 0.15) is 16.7 Å². The van der Waals surface area contributed by atoms with Crippen LogP contribution in [0.2, 0.25) is 0 Å². The van der Waals surface area contributed by atoms with E-state index in [1.54, 1.807) is 0 Å². The molecule has 0 spiro atoms. The average Bonchev–Trinajstić information content (AvgIpc) is 2.49. The van der Waals surface area contributed by atoms with Gasteiger partial charge in [-0.05, 0) is 36.2 Å². The zero-order valence-electron chi connectivity index (χ0n) is 12.9. The second-order valence-electron chi connectivity index (χ2n) is 6.25. The van der Waals surface area contributed by atoms with Crippen LogP contribution in [0.5, 0.6) is 0 Å². The smallest absolute Gasteiger partial charge is 0.407 e. The molecule has 0 unspecified atom stereocenters. The van der Waals surface area contributed by atoms with Crippen LogP contribution in [-0.2, 0) is 19.5 Å². The minimum atomic E-state index is -0.834. The van der Waals surface area contributed by atoms with Crippen LogP contribution in [0, 0.1) is 0 Å². The van der Waals surface area contributed by atoms with Gasteiger partial charge in [0.2, 0.25) is 0 Å². The summed E-state index contributed by atoms with van der Waals surface area (Å²) in [6, 6.07) is 4.42. The molecule has 22 heavy (non-hydrogen) atoms. The van der Waals surface area contributed by atoms with Crippen molar-refractivity contribution in [1.29, 1.82) is 0 Å². The van der Waals surface area contributed by atoms with Crippen LogP contribution < -0.4 is 0 Å². The summed E-state index contributed by atoms with van der Waals surface area (Å²) in [6.07, 6.45) is -0.0318. The van der Waals surface area contributed by atoms with E-state index in [1.165, 1.54) is 16.0 Å². The van der Waals surface area contributed by atoms with Crippen LogP contribution in [0.25, 0.3) is 0 Å². The summed E-state index contributed by atoms with van der Waals surface area (Å²) in [5.74, 6) is 0. The summed E-state index contributed by atoms with van der Waals surface area (Å²) < 4.78 is 1.04. The number of carboxylic acid groups (broad SMARTS) is 1. The number of hydrogen-bond donors (Lipinski definition) is 1. The first-order chi connectivity index (χ1) is 10.5. The Bertz CT molecular complexity index is 571. The molecule has 1 saturated heterocycles. The normalized spacial score (nSPS) is 20.0. The fraction of sp³-hybridized carbons (Fsp3) is 0.562. The van der Waals surface area contributed by atoms with E-state index in [0.29, 0.717) is 13.1 Å². The van der Waals surface area contributed by atoms with Crippen molar-refractivity contribution in [2.45, 2.75) is 19.5 Å². The van der Waals surface area contributed by atoms with Gasteiger partial charge in [0.15, 0.2) is 0 Å². The van der Waals surface area contributed by atoms with Crippen molar-refractivity contribution in [2.75, 3.05) is 39.8 Å². The maximum atomic E-state index is 11.1. The molecule has 2 heterocycles. The molecular formula is C16H22BrN3O2. The fourth-order valence-electron chi connectivity index (χ4n) is 3.20. The van der Waals surface area contributed by atoms with E-state index >= 15 is 0 Å². The molecule has 120 valence electrons. The molecule has 0 saturated carbocycles. The monoisotopic (exact) mass is 367 g/mol. The summed E-state index contributed by atoms with van der Waals surface area (Å²) in [6.45, 7) is 6.52. The number of amides is 1. The van der Waals surface area contributed by atoms with Gasteiger partial charge in [0.1, 0.15) is 0 Å². The van der Waals surface area contributed by atoms with Crippen LogP contribution in [-0.4, -0.2) is 65.7 Å². The molecule has 1 fully saturated rings. The molecule has 0 atom stereocenters. The van der Waals surface area contributed by atoms with Gasteiger partial charge in [0.25, 0.3) is 0 Å². The largest absolute Gasteiger partial charge is 0.465 e. The maximum Gasteiger partial charge on any atom is 0.407 e. The van der Waals surface area contributed by atoms with E-state index in [0.717, 1.165) is 49.2 Å². The zero-order valence-corrected chi connectivity index (χ0v) is 14.5. The van der Waals surface area contributed by atoms with Crippen LogP contribution >= 0.6 is 15.9 Å². The summed E-state index contributed by atoms with van der Waals surface area (Å²) in [7, 11) is 2.17. The van der Waals surface area contributed by atoms with Crippen LogP contribution in [0.3, 0.4) is 0 Å². The van der Waals surface area contributed by atoms with E-state index in [-0.39, 0.29) is 0 Å². The van der Waals surface area contributed by atoms with Crippen molar-refractivity contribution >= 4 is 22.0 Å². The first-order valence-electron chi connectivity index (χ1n) is 7.72. The molecule has 0 aromatic heterocycles. The Morgan fingerprint density at radius 1 is 1.23 bits per heavy atom. The van der Waals surface area contributed by atoms with Gasteiger partial charge < -0.3 is 14.9 Å². The first-order valence-corrected chi connectivity index (χ1v) is 8.51. The fourth-order valence-corrected chi connectivity index (χ4v) is 3.87. The highest BCUT2D eigenvalue weighted by molar-refractivity contribution is 9.10. The van der Waals surface area contributed by atoms with Crippen molar-refractivity contribution in [2.24, 2.45) is 0 Å². The molecule has 3 rings (SSSR count). The number of hydrogen-bond acceptors (Lipinski definition) is 3. The summed E-state index contributed by atoms with van der Waals surface area (Å²) in [5.41, 5.74) is 3.73. The van der Waals surface area contributed by atoms with Gasteiger partial charge >= 0.3 is 6.09 Å². The maximum absolute atomic E-state index is 11.1. The predicted molar refractivity (Wildman–Crippen MR) is 89.1 cm³/mol. The molecule has 0 aliphatic carbocycles. The third-order valence-electron chi connectivity index (χ3n) is 4.62. The molecule has 1 aromatic rings. The standard InChI is InChI=1S/C16H22BrN3O2/c1-18-4-6-19(7-5-18)10-12-8-13-2-3-20(16(21)22)11-14(13)15(17)9-12/h8-9H,2-7,10-11H2,1H3,(H,21,22). The summed E-state index contributed by atoms with van der Waals surface area (Å²) in [4.78, 5) is 17.5. The Balaban J connectivity index is 1.73. The number of piperazine rings is 1. The van der Waals surface area contributed by atoms with Gasteiger partial charge in [-0.1, -0.05) is 22.0 Å². The van der Waals surface area contributed by atoms with Gasteiger partial charge in [-0.3, -0.25) is 4.90 Å². The molecular weight excluding hydrogens is 346 g/mol. The third-order valence-corrected chi connectivity index (χ3v) is 5.33. The van der Waals surface area contributed by atoms with Crippen LogP contribution in [0.4, 0.5) is 4.79 Å². The lowest BCUT2D eigenvalue weighted by molar-refractivity contribution is 0.139. The lowest BCUT2D eigenvalue weighted by Gasteiger charge is -2.33. The summed E-state index contributed by atoms with van der Waals surface area (Å²) >= 11 is 3.64. The number of halogens is 1. The highest BCUT2D eigenvalue weighted by atomic mass is 79.9. The molecule has 1 N–H and O–H groups in total. The number of rotatable bonds is 2. The molecule has 1 amide bonds. The number of nitrogens with zero attached hydrogens (tertiary/aromatic N) is 3. The van der Waals surface area contributed by atoms with Crippen molar-refractivity contribution in [1.82, 2.24) is 14.7 Å². The highest BCUT2D eigenvalue weighted by Gasteiger charge is 2.23. The topological polar surface area (TPSA) is 47.0 Å². The van der Waals surface area contributed by atoms with Crippen molar-refractivity contribution in [3.63, 3.8) is 0 Å². The Labute approximate surface area is 139 Å². The van der Waals surface area contributed by atoms with Gasteiger partial charge in [0, 0.05) is 43.7 Å². The van der Waals surface area contributed by atoms with Crippen molar-refractivity contribution in [3.05, 3.63) is 33.3 Å². The van der Waals surface area contributed by atoms with Gasteiger partial charge in [0.05, 0.1) is 6.54 Å². The quantitative estimate of drug-likeness (QED) is 0.870. The van der Waals surface area contributed by atoms with E-state index in [1.807, 2.05) is 0 Å². The van der Waals surface area contributed by atoms with E-state index < -0.39 is 6.09 Å². The number of carbonyl (C=O) groups is 1. The minimum absolute atomic E-state index is 0.486. The molecule has 1 aromatic carbocycles. The first kappa shape index (κ1) is 15.8. The number of benzene rings is 1. The molecule has 6 heteroatoms. The zero-order chi connectivity index (χ0) is 15.7. The van der Waals surface area contributed by atoms with E-state index in [2.05, 4.69) is 44.9 Å². The molecule has 2 aliphatic rings. The molecule has 2 aliphatic heterocycles. The Kier molecular flexibility index (Phi) is 4.70. The van der Waals surface area contributed by atoms with E-state index in [4.69, 9.17) is 5.11 Å². The lowest BCUT2D eigenvalue weighted by Crippen LogP contribution is -2.43. The Hall–Kier alpha value is -1.11. The van der Waals surface area contributed by atoms with Gasteiger partial charge in [-0.2, -0.15) is 0 Å². The predicted octanol–water partition coefficient (Wildman–Crippen LogP) is 2.23. The molecule has 0 radical (unpaired) electrons. The Morgan fingerprint density at radius 2 is 1.95 bits per heavy atom. The van der Waals surface area contributed by atoms with Crippen LogP contribution in [0.15, 0.2) is 16.6 Å². The molecule has 5 nitrogen and oxygen atoms in total. The third kappa shape index (κ3) is 3.45. The number of fused-ring (bicyclic) bond motifs is 1. The average molecular weight is 368 g/mol. The summed E-state index contributed by atoms with van der Waals surface area (Å²) in [5, 5.41) is 9.15. The Morgan fingerprint density at radius 3 is 2.64 bits per heavy atom. The minimum Gasteiger partial charge on any atom is -0.465 e. The number of likely N-dealkylation sites (N-methyl/N-ethyl adjacent to an activating group) is 1. The van der Waals surface area contributed by atoms with Crippen molar-refractivity contribution < 1.29 is 9.90 Å². The SMILES string of the molecule is CN1CCN(Cc2cc(Br)c3c(c2)CCN(C(=O)O)C3)CC1. The second-order valence-corrected chi connectivity index (χ2v) is 7.10. The van der Waals surface area contributed by atoms with Gasteiger partial charge in [-0.15, -0.1) is 0 Å². The molecule has 0 bridgehead atoms. The second kappa shape index (κ2) is 6.56. The van der Waals surface area contributed by atoms with Crippen molar-refractivity contribution in [3.8, 4) is 0 Å².